The highest BCUT2D eigenvalue weighted by atomic mass is 16.3. The first-order chi connectivity index (χ1) is 12.7. The largest absolute Gasteiger partial charge is 0.395 e. The number of rotatable bonds is 16. The van der Waals surface area contributed by atoms with E-state index < -0.39 is 5.92 Å². The summed E-state index contributed by atoms with van der Waals surface area (Å²) in [6.45, 7) is 3.97. The molecule has 1 heterocycles. The number of aliphatic imine (C=N–C) groups is 1. The Morgan fingerprint density at radius 2 is 1.31 bits per heavy atom. The van der Waals surface area contributed by atoms with Crippen LogP contribution in [0, 0.1) is 5.92 Å². The molecule has 1 N–H and O–H groups in total. The minimum Gasteiger partial charge on any atom is -0.395 e. The van der Waals surface area contributed by atoms with Crippen LogP contribution < -0.4 is 0 Å². The third-order valence-electron chi connectivity index (χ3n) is 5.54. The normalized spacial score (nSPS) is 17.3. The molecule has 1 aliphatic heterocycles. The monoisotopic (exact) mass is 363 g/mol. The van der Waals surface area contributed by atoms with Crippen LogP contribution in [0.5, 0.6) is 0 Å². The highest BCUT2D eigenvalue weighted by Gasteiger charge is 2.26. The molecule has 1 unspecified atom stereocenters. The number of aliphatic hydroxyl groups is 1. The highest BCUT2D eigenvalue weighted by molar-refractivity contribution is 6.13. The molecule has 3 nitrogen and oxygen atoms in total. The van der Waals surface area contributed by atoms with E-state index >= 15 is 0 Å². The zero-order valence-corrected chi connectivity index (χ0v) is 17.3. The van der Waals surface area contributed by atoms with Crippen molar-refractivity contribution in [1.29, 1.82) is 0 Å². The summed E-state index contributed by atoms with van der Waals surface area (Å²) >= 11 is 0. The zero-order valence-electron chi connectivity index (χ0n) is 17.3. The number of hydrogen-bond donors (Lipinski definition) is 1. The van der Waals surface area contributed by atoms with Crippen LogP contribution in [-0.4, -0.2) is 23.2 Å². The molecule has 0 aliphatic carbocycles. The predicted octanol–water partition coefficient (Wildman–Crippen LogP) is 6.39. The molecule has 1 atom stereocenters. The minimum atomic E-state index is -0.401. The van der Waals surface area contributed by atoms with Crippen molar-refractivity contribution in [2.75, 3.05) is 6.61 Å². The molecule has 3 heteroatoms. The molecule has 0 bridgehead atoms. The molecule has 0 radical (unpaired) electrons. The summed E-state index contributed by atoms with van der Waals surface area (Å²) in [5.74, 6) is -0.323. The fourth-order valence-corrected chi connectivity index (χ4v) is 3.66. The van der Waals surface area contributed by atoms with Gasteiger partial charge >= 0.3 is 0 Å². The van der Waals surface area contributed by atoms with Crippen LogP contribution >= 0.6 is 0 Å². The summed E-state index contributed by atoms with van der Waals surface area (Å²) in [5, 5.41) is 9.32. The van der Waals surface area contributed by atoms with Gasteiger partial charge in [0.2, 0.25) is 0 Å². The van der Waals surface area contributed by atoms with Crippen molar-refractivity contribution in [3.05, 3.63) is 11.8 Å². The third kappa shape index (κ3) is 9.66. The van der Waals surface area contributed by atoms with E-state index in [9.17, 15) is 9.90 Å². The lowest BCUT2D eigenvalue weighted by atomic mass is 9.90. The maximum atomic E-state index is 12.2. The molecule has 150 valence electrons. The Labute approximate surface area is 161 Å². The van der Waals surface area contributed by atoms with Crippen molar-refractivity contribution in [2.24, 2.45) is 10.9 Å². The summed E-state index contributed by atoms with van der Waals surface area (Å²) in [4.78, 5) is 16.5. The molecule has 0 aromatic carbocycles. The van der Waals surface area contributed by atoms with E-state index in [0.717, 1.165) is 24.1 Å². The molecule has 0 spiro atoms. The molecule has 0 amide bonds. The second-order valence-electron chi connectivity index (χ2n) is 7.87. The Kier molecular flexibility index (Phi) is 13.4. The van der Waals surface area contributed by atoms with E-state index in [1.165, 1.54) is 83.5 Å². The Morgan fingerprint density at radius 1 is 0.846 bits per heavy atom. The van der Waals surface area contributed by atoms with Crippen molar-refractivity contribution >= 4 is 11.5 Å². The number of allylic oxidation sites excluding steroid dienone is 1. The van der Waals surface area contributed by atoms with Crippen molar-refractivity contribution in [1.82, 2.24) is 0 Å². The molecule has 0 saturated carbocycles. The van der Waals surface area contributed by atoms with Gasteiger partial charge in [0.05, 0.1) is 12.5 Å². The summed E-state index contributed by atoms with van der Waals surface area (Å²) in [6.07, 6.45) is 21.3. The van der Waals surface area contributed by atoms with Crippen LogP contribution in [0.25, 0.3) is 0 Å². The fraction of sp³-hybridized carbons (Fsp3) is 0.826. The highest BCUT2D eigenvalue weighted by Crippen LogP contribution is 2.21. The van der Waals surface area contributed by atoms with Crippen LogP contribution in [0.4, 0.5) is 0 Å². The number of carbonyl (C=O) groups excluding carboxylic acids is 1. The molecule has 1 aliphatic rings. The van der Waals surface area contributed by atoms with Gasteiger partial charge in [0.15, 0.2) is 5.78 Å². The summed E-state index contributed by atoms with van der Waals surface area (Å²) in [7, 11) is 0. The number of aliphatic hydroxyl groups excluding tert-OH is 1. The lowest BCUT2D eigenvalue weighted by Gasteiger charge is -2.18. The Hall–Kier alpha value is -0.960. The Balaban J connectivity index is 1.92. The molecule has 0 saturated heterocycles. The smallest absolute Gasteiger partial charge is 0.171 e. The van der Waals surface area contributed by atoms with Gasteiger partial charge in [0, 0.05) is 17.5 Å². The number of nitrogens with zero attached hydrogens (tertiary/aromatic N) is 1. The molecule has 1 rings (SSSR count). The van der Waals surface area contributed by atoms with E-state index in [1.54, 1.807) is 6.20 Å². The molecule has 0 aromatic heterocycles. The van der Waals surface area contributed by atoms with Gasteiger partial charge < -0.3 is 5.11 Å². The van der Waals surface area contributed by atoms with Gasteiger partial charge in [-0.3, -0.25) is 9.79 Å². The number of hydrogen-bond acceptors (Lipinski definition) is 3. The van der Waals surface area contributed by atoms with Gasteiger partial charge in [0.1, 0.15) is 0 Å². The second-order valence-corrected chi connectivity index (χ2v) is 7.87. The molecular weight excluding hydrogens is 322 g/mol. The number of carbonyl (C=O) groups is 1. The van der Waals surface area contributed by atoms with Crippen LogP contribution in [0.2, 0.25) is 0 Å². The van der Waals surface area contributed by atoms with E-state index in [4.69, 9.17) is 0 Å². The second kappa shape index (κ2) is 15.1. The third-order valence-corrected chi connectivity index (χ3v) is 5.54. The van der Waals surface area contributed by atoms with Crippen molar-refractivity contribution < 1.29 is 9.90 Å². The van der Waals surface area contributed by atoms with E-state index in [1.807, 2.05) is 6.92 Å². The molecule has 0 fully saturated rings. The summed E-state index contributed by atoms with van der Waals surface area (Å²) in [6, 6.07) is 0. The first-order valence-corrected chi connectivity index (χ1v) is 11.1. The fourth-order valence-electron chi connectivity index (χ4n) is 3.66. The Bertz CT molecular complexity index is 439. The van der Waals surface area contributed by atoms with Gasteiger partial charge in [-0.2, -0.15) is 0 Å². The van der Waals surface area contributed by atoms with Gasteiger partial charge in [-0.05, 0) is 19.8 Å². The van der Waals surface area contributed by atoms with Crippen LogP contribution in [0.15, 0.2) is 16.8 Å². The van der Waals surface area contributed by atoms with Gasteiger partial charge in [-0.1, -0.05) is 90.4 Å². The average molecular weight is 364 g/mol. The molecule has 26 heavy (non-hydrogen) atoms. The standard InChI is InChI=1S/C23H41NO2/c1-3-4-5-6-7-8-9-10-11-12-13-14-15-16-17-21-18-24-20(2)22(19-25)23(21)26/h18,22,25H,3-17,19H2,1-2H3. The van der Waals surface area contributed by atoms with Crippen LogP contribution in [-0.2, 0) is 4.79 Å². The first-order valence-electron chi connectivity index (χ1n) is 11.1. The van der Waals surface area contributed by atoms with Crippen molar-refractivity contribution in [2.45, 2.75) is 110 Å². The lowest BCUT2D eigenvalue weighted by Crippen LogP contribution is -2.29. The lowest BCUT2D eigenvalue weighted by molar-refractivity contribution is -0.118. The quantitative estimate of drug-likeness (QED) is 0.323. The van der Waals surface area contributed by atoms with Crippen molar-refractivity contribution in [3.63, 3.8) is 0 Å². The maximum absolute atomic E-state index is 12.2. The zero-order chi connectivity index (χ0) is 19.0. The number of ketones is 1. The summed E-state index contributed by atoms with van der Waals surface area (Å²) < 4.78 is 0. The predicted molar refractivity (Wildman–Crippen MR) is 112 cm³/mol. The van der Waals surface area contributed by atoms with Gasteiger partial charge in [-0.25, -0.2) is 0 Å². The van der Waals surface area contributed by atoms with Gasteiger partial charge in [-0.15, -0.1) is 0 Å². The maximum Gasteiger partial charge on any atom is 0.171 e. The van der Waals surface area contributed by atoms with E-state index in [-0.39, 0.29) is 12.4 Å². The topological polar surface area (TPSA) is 49.7 Å². The van der Waals surface area contributed by atoms with E-state index in [0.29, 0.717) is 0 Å². The Morgan fingerprint density at radius 3 is 1.77 bits per heavy atom. The summed E-state index contributed by atoms with van der Waals surface area (Å²) in [5.41, 5.74) is 1.54. The van der Waals surface area contributed by atoms with Gasteiger partial charge in [0.25, 0.3) is 0 Å². The SMILES string of the molecule is CCCCCCCCCCCCCCCCC1=CN=C(C)C(CO)C1=O. The molecular formula is C23H41NO2. The molecule has 0 aromatic rings. The first kappa shape index (κ1) is 23.1. The minimum absolute atomic E-state index is 0.0784. The van der Waals surface area contributed by atoms with Crippen LogP contribution in [0.1, 0.15) is 110 Å². The number of Topliss-reactive ketones (excluding diaryl/α,β-unsaturated/α-hetero) is 1. The average Bonchev–Trinajstić information content (AvgIpc) is 2.64. The van der Waals surface area contributed by atoms with Crippen LogP contribution in [0.3, 0.4) is 0 Å². The van der Waals surface area contributed by atoms with E-state index in [2.05, 4.69) is 11.9 Å². The number of unbranched alkanes of at least 4 members (excludes halogenated alkanes) is 13. The van der Waals surface area contributed by atoms with Crippen molar-refractivity contribution in [3.8, 4) is 0 Å².